The highest BCUT2D eigenvalue weighted by atomic mass is 16.5. The van der Waals surface area contributed by atoms with Crippen LogP contribution < -0.4 is 0 Å². The van der Waals surface area contributed by atoms with Crippen molar-refractivity contribution < 1.29 is 9.53 Å². The lowest BCUT2D eigenvalue weighted by atomic mass is 10.0. The molecule has 1 aromatic carbocycles. The largest absolute Gasteiger partial charge is 0.367 e. The Balaban J connectivity index is 1.58. The second-order valence-electron chi connectivity index (χ2n) is 5.93. The maximum absolute atomic E-state index is 12.4. The summed E-state index contributed by atoms with van der Waals surface area (Å²) in [7, 11) is 0. The fourth-order valence-corrected chi connectivity index (χ4v) is 3.22. The topological polar surface area (TPSA) is 29.5 Å². The van der Waals surface area contributed by atoms with E-state index in [0.29, 0.717) is 12.5 Å². The van der Waals surface area contributed by atoms with Gasteiger partial charge in [-0.15, -0.1) is 0 Å². The summed E-state index contributed by atoms with van der Waals surface area (Å²) in [6, 6.07) is 8.92. The van der Waals surface area contributed by atoms with Crippen LogP contribution in [-0.4, -0.2) is 42.5 Å². The highest BCUT2D eigenvalue weighted by molar-refractivity contribution is 5.85. The number of hydrogen-bond donors (Lipinski definition) is 0. The minimum absolute atomic E-state index is 0.222. The van der Waals surface area contributed by atoms with Crippen molar-refractivity contribution in [1.82, 2.24) is 4.90 Å². The van der Waals surface area contributed by atoms with Crippen LogP contribution in [0.5, 0.6) is 0 Å². The number of Topliss-reactive ketones (excluding diaryl/α,β-unsaturated/α-hetero) is 1. The van der Waals surface area contributed by atoms with Gasteiger partial charge in [-0.1, -0.05) is 31.2 Å². The van der Waals surface area contributed by atoms with Crippen LogP contribution in [0.2, 0.25) is 0 Å². The number of hydrogen-bond acceptors (Lipinski definition) is 3. The molecule has 0 radical (unpaired) electrons. The summed E-state index contributed by atoms with van der Waals surface area (Å²) < 4.78 is 5.78. The molecule has 0 N–H and O–H groups in total. The molecule has 1 aromatic rings. The molecule has 0 spiro atoms. The molecule has 2 unspecified atom stereocenters. The van der Waals surface area contributed by atoms with Crippen LogP contribution in [-0.2, 0) is 22.4 Å². The second-order valence-corrected chi connectivity index (χ2v) is 5.93. The average Bonchev–Trinajstić information content (AvgIpc) is 2.95. The third-order valence-electron chi connectivity index (χ3n) is 4.56. The SMILES string of the molecule is CCc1ccc(CC(=O)C2CN3CCCC3CO2)cc1. The first-order valence-corrected chi connectivity index (χ1v) is 7.72. The molecular formula is C17H23NO2. The molecule has 2 atom stereocenters. The van der Waals surface area contributed by atoms with Gasteiger partial charge in [0.1, 0.15) is 6.10 Å². The molecule has 0 aromatic heterocycles. The molecule has 2 aliphatic heterocycles. The first kappa shape index (κ1) is 13.8. The Bertz CT molecular complexity index is 468. The Morgan fingerprint density at radius 1 is 1.30 bits per heavy atom. The molecule has 3 nitrogen and oxygen atoms in total. The predicted octanol–water partition coefficient (Wildman–Crippen LogP) is 2.22. The summed E-state index contributed by atoms with van der Waals surface area (Å²) in [5, 5.41) is 0. The van der Waals surface area contributed by atoms with Gasteiger partial charge in [0.05, 0.1) is 6.61 Å². The monoisotopic (exact) mass is 273 g/mol. The standard InChI is InChI=1S/C17H23NO2/c1-2-13-5-7-14(8-6-13)10-16(19)17-11-18-9-3-4-15(18)12-20-17/h5-8,15,17H,2-4,9-12H2,1H3. The third-order valence-corrected chi connectivity index (χ3v) is 4.56. The van der Waals surface area contributed by atoms with E-state index in [9.17, 15) is 4.79 Å². The molecular weight excluding hydrogens is 250 g/mol. The number of rotatable bonds is 4. The molecule has 20 heavy (non-hydrogen) atoms. The van der Waals surface area contributed by atoms with Crippen molar-refractivity contribution in [2.24, 2.45) is 0 Å². The molecule has 108 valence electrons. The minimum atomic E-state index is -0.227. The van der Waals surface area contributed by atoms with Crippen LogP contribution in [0.25, 0.3) is 0 Å². The van der Waals surface area contributed by atoms with Gasteiger partial charge in [-0.3, -0.25) is 9.69 Å². The molecule has 3 heteroatoms. The average molecular weight is 273 g/mol. The Labute approximate surface area is 120 Å². The van der Waals surface area contributed by atoms with Crippen molar-refractivity contribution >= 4 is 5.78 Å². The molecule has 2 aliphatic rings. The summed E-state index contributed by atoms with van der Waals surface area (Å²) in [4.78, 5) is 14.8. The fourth-order valence-electron chi connectivity index (χ4n) is 3.22. The lowest BCUT2D eigenvalue weighted by molar-refractivity contribution is -0.137. The molecule has 0 saturated carbocycles. The number of morpholine rings is 1. The van der Waals surface area contributed by atoms with Gasteiger partial charge in [-0.05, 0) is 36.9 Å². The maximum atomic E-state index is 12.4. The molecule has 2 saturated heterocycles. The maximum Gasteiger partial charge on any atom is 0.167 e. The summed E-state index contributed by atoms with van der Waals surface area (Å²) in [6.07, 6.45) is 3.77. The number of ether oxygens (including phenoxy) is 1. The van der Waals surface area contributed by atoms with Crippen molar-refractivity contribution in [2.45, 2.75) is 44.8 Å². The normalized spacial score (nSPS) is 26.4. The second kappa shape index (κ2) is 6.06. The van der Waals surface area contributed by atoms with E-state index in [4.69, 9.17) is 4.74 Å². The number of carbonyl (C=O) groups is 1. The number of fused-ring (bicyclic) bond motifs is 1. The van der Waals surface area contributed by atoms with E-state index in [1.807, 2.05) is 0 Å². The summed E-state index contributed by atoms with van der Waals surface area (Å²) in [6.45, 7) is 4.78. The van der Waals surface area contributed by atoms with E-state index in [0.717, 1.165) is 31.7 Å². The van der Waals surface area contributed by atoms with Crippen LogP contribution in [0.4, 0.5) is 0 Å². The van der Waals surface area contributed by atoms with Crippen molar-refractivity contribution in [3.05, 3.63) is 35.4 Å². The number of nitrogens with zero attached hydrogens (tertiary/aromatic N) is 1. The quantitative estimate of drug-likeness (QED) is 0.842. The van der Waals surface area contributed by atoms with E-state index < -0.39 is 0 Å². The summed E-state index contributed by atoms with van der Waals surface area (Å²) in [5.74, 6) is 0.222. The van der Waals surface area contributed by atoms with Crippen molar-refractivity contribution in [2.75, 3.05) is 19.7 Å². The van der Waals surface area contributed by atoms with Gasteiger partial charge in [-0.2, -0.15) is 0 Å². The molecule has 0 amide bonds. The first-order valence-electron chi connectivity index (χ1n) is 7.72. The molecule has 0 aliphatic carbocycles. The Hall–Kier alpha value is -1.19. The zero-order valence-electron chi connectivity index (χ0n) is 12.2. The number of aryl methyl sites for hydroxylation is 1. The van der Waals surface area contributed by atoms with Crippen LogP contribution in [0, 0.1) is 0 Å². The minimum Gasteiger partial charge on any atom is -0.367 e. The number of ketones is 1. The van der Waals surface area contributed by atoms with Gasteiger partial charge in [0.15, 0.2) is 5.78 Å². The lowest BCUT2D eigenvalue weighted by Crippen LogP contribution is -2.49. The Morgan fingerprint density at radius 3 is 2.80 bits per heavy atom. The van der Waals surface area contributed by atoms with E-state index in [-0.39, 0.29) is 11.9 Å². The Morgan fingerprint density at radius 2 is 2.05 bits per heavy atom. The van der Waals surface area contributed by atoms with Crippen LogP contribution in [0.3, 0.4) is 0 Å². The highest BCUT2D eigenvalue weighted by Crippen LogP contribution is 2.23. The number of carbonyl (C=O) groups excluding carboxylic acids is 1. The zero-order chi connectivity index (χ0) is 13.9. The zero-order valence-corrected chi connectivity index (χ0v) is 12.2. The fraction of sp³-hybridized carbons (Fsp3) is 0.588. The number of benzene rings is 1. The van der Waals surface area contributed by atoms with Crippen molar-refractivity contribution in [1.29, 1.82) is 0 Å². The molecule has 3 rings (SSSR count). The van der Waals surface area contributed by atoms with Crippen LogP contribution in [0.1, 0.15) is 30.9 Å². The molecule has 2 fully saturated rings. The van der Waals surface area contributed by atoms with Gasteiger partial charge in [0, 0.05) is 19.0 Å². The third kappa shape index (κ3) is 2.94. The summed E-state index contributed by atoms with van der Waals surface area (Å²) >= 11 is 0. The lowest BCUT2D eigenvalue weighted by Gasteiger charge is -2.34. The van der Waals surface area contributed by atoms with Gasteiger partial charge in [0.25, 0.3) is 0 Å². The van der Waals surface area contributed by atoms with E-state index >= 15 is 0 Å². The predicted molar refractivity (Wildman–Crippen MR) is 78.9 cm³/mol. The molecule has 0 bridgehead atoms. The van der Waals surface area contributed by atoms with Crippen molar-refractivity contribution in [3.63, 3.8) is 0 Å². The van der Waals surface area contributed by atoms with E-state index in [1.54, 1.807) is 0 Å². The summed E-state index contributed by atoms with van der Waals surface area (Å²) in [5.41, 5.74) is 2.41. The van der Waals surface area contributed by atoms with E-state index in [1.165, 1.54) is 18.4 Å². The first-order chi connectivity index (χ1) is 9.76. The van der Waals surface area contributed by atoms with Gasteiger partial charge in [-0.25, -0.2) is 0 Å². The van der Waals surface area contributed by atoms with Gasteiger partial charge < -0.3 is 4.74 Å². The molecule has 2 heterocycles. The van der Waals surface area contributed by atoms with E-state index in [2.05, 4.69) is 36.1 Å². The Kier molecular flexibility index (Phi) is 4.18. The smallest absolute Gasteiger partial charge is 0.167 e. The van der Waals surface area contributed by atoms with Crippen molar-refractivity contribution in [3.8, 4) is 0 Å². The van der Waals surface area contributed by atoms with Crippen LogP contribution >= 0.6 is 0 Å². The van der Waals surface area contributed by atoms with Crippen LogP contribution in [0.15, 0.2) is 24.3 Å². The van der Waals surface area contributed by atoms with Gasteiger partial charge >= 0.3 is 0 Å². The van der Waals surface area contributed by atoms with Gasteiger partial charge in [0.2, 0.25) is 0 Å². The highest BCUT2D eigenvalue weighted by Gasteiger charge is 2.34.